The summed E-state index contributed by atoms with van der Waals surface area (Å²) in [6.07, 6.45) is 5.04. The third-order valence-electron chi connectivity index (χ3n) is 3.62. The average Bonchev–Trinajstić information content (AvgIpc) is 2.67. The Kier molecular flexibility index (Phi) is 5.06. The standard InChI is InChI=1S/C18H17N3O3S/c1-24-16-3-2-4-17(12-16)25(22,23)21-13-14-5-10-20-18(11-14)15-6-8-19-9-7-15/h2-12,21H,13H2,1H3. The van der Waals surface area contributed by atoms with E-state index in [0.717, 1.165) is 16.8 Å². The molecule has 0 bridgehead atoms. The number of rotatable bonds is 6. The summed E-state index contributed by atoms with van der Waals surface area (Å²) in [6, 6.07) is 13.7. The molecule has 25 heavy (non-hydrogen) atoms. The summed E-state index contributed by atoms with van der Waals surface area (Å²) in [5.74, 6) is 0.492. The zero-order valence-electron chi connectivity index (χ0n) is 13.6. The number of benzene rings is 1. The highest BCUT2D eigenvalue weighted by atomic mass is 32.2. The van der Waals surface area contributed by atoms with E-state index in [4.69, 9.17) is 4.74 Å². The number of ether oxygens (including phenoxy) is 1. The monoisotopic (exact) mass is 355 g/mol. The highest BCUT2D eigenvalue weighted by Crippen LogP contribution is 2.19. The molecule has 0 radical (unpaired) electrons. The molecule has 7 heteroatoms. The van der Waals surface area contributed by atoms with Crippen LogP contribution in [-0.2, 0) is 16.6 Å². The quantitative estimate of drug-likeness (QED) is 0.735. The Labute approximate surface area is 146 Å². The van der Waals surface area contributed by atoms with Gasteiger partial charge in [-0.2, -0.15) is 0 Å². The molecule has 128 valence electrons. The smallest absolute Gasteiger partial charge is 0.241 e. The molecule has 3 aromatic rings. The third kappa shape index (κ3) is 4.20. The van der Waals surface area contributed by atoms with Gasteiger partial charge in [0.05, 0.1) is 17.7 Å². The van der Waals surface area contributed by atoms with Gasteiger partial charge < -0.3 is 4.74 Å². The average molecular weight is 355 g/mol. The molecule has 2 heterocycles. The fraction of sp³-hybridized carbons (Fsp3) is 0.111. The van der Waals surface area contributed by atoms with Gasteiger partial charge in [-0.1, -0.05) is 6.07 Å². The van der Waals surface area contributed by atoms with E-state index in [1.54, 1.807) is 36.8 Å². The molecule has 0 aliphatic carbocycles. The molecule has 6 nitrogen and oxygen atoms in total. The van der Waals surface area contributed by atoms with E-state index in [2.05, 4.69) is 14.7 Å². The van der Waals surface area contributed by atoms with Gasteiger partial charge in [0.2, 0.25) is 10.0 Å². The minimum Gasteiger partial charge on any atom is -0.497 e. The van der Waals surface area contributed by atoms with Crippen LogP contribution in [0.25, 0.3) is 11.3 Å². The third-order valence-corrected chi connectivity index (χ3v) is 5.02. The number of pyridine rings is 2. The summed E-state index contributed by atoms with van der Waals surface area (Å²) < 4.78 is 32.5. The Morgan fingerprint density at radius 1 is 1.04 bits per heavy atom. The number of aromatic nitrogens is 2. The Hall–Kier alpha value is -2.77. The number of hydrogen-bond acceptors (Lipinski definition) is 5. The van der Waals surface area contributed by atoms with Gasteiger partial charge in [-0.05, 0) is 42.0 Å². The number of nitrogens with zero attached hydrogens (tertiary/aromatic N) is 2. The van der Waals surface area contributed by atoms with Crippen molar-refractivity contribution in [3.05, 3.63) is 72.7 Å². The fourth-order valence-electron chi connectivity index (χ4n) is 2.29. The summed E-state index contributed by atoms with van der Waals surface area (Å²) >= 11 is 0. The Morgan fingerprint density at radius 3 is 2.60 bits per heavy atom. The van der Waals surface area contributed by atoms with Gasteiger partial charge in [-0.25, -0.2) is 13.1 Å². The summed E-state index contributed by atoms with van der Waals surface area (Å²) in [4.78, 5) is 8.46. The van der Waals surface area contributed by atoms with Gasteiger partial charge in [0.25, 0.3) is 0 Å². The first kappa shape index (κ1) is 17.1. The van der Waals surface area contributed by atoms with Crippen LogP contribution >= 0.6 is 0 Å². The molecule has 0 aliphatic rings. The van der Waals surface area contributed by atoms with Gasteiger partial charge in [0.1, 0.15) is 5.75 Å². The molecule has 0 atom stereocenters. The first-order valence-corrected chi connectivity index (χ1v) is 9.06. The highest BCUT2D eigenvalue weighted by molar-refractivity contribution is 7.89. The predicted molar refractivity (Wildman–Crippen MR) is 94.5 cm³/mol. The molecule has 1 aromatic carbocycles. The van der Waals surface area contributed by atoms with Gasteiger partial charge >= 0.3 is 0 Å². The maximum absolute atomic E-state index is 12.4. The van der Waals surface area contributed by atoms with Crippen molar-refractivity contribution >= 4 is 10.0 Å². The van der Waals surface area contributed by atoms with Gasteiger partial charge in [0.15, 0.2) is 0 Å². The van der Waals surface area contributed by atoms with Gasteiger partial charge in [0, 0.05) is 36.8 Å². The van der Waals surface area contributed by atoms with E-state index in [1.807, 2.05) is 18.2 Å². The Balaban J connectivity index is 1.77. The molecule has 0 amide bonds. The molecule has 0 aliphatic heterocycles. The van der Waals surface area contributed by atoms with Crippen LogP contribution in [0.3, 0.4) is 0 Å². The summed E-state index contributed by atoms with van der Waals surface area (Å²) in [5.41, 5.74) is 2.50. The van der Waals surface area contributed by atoms with Crippen molar-refractivity contribution in [2.75, 3.05) is 7.11 Å². The minimum absolute atomic E-state index is 0.162. The lowest BCUT2D eigenvalue weighted by molar-refractivity contribution is 0.413. The van der Waals surface area contributed by atoms with Crippen LogP contribution in [0, 0.1) is 0 Å². The largest absolute Gasteiger partial charge is 0.497 e. The van der Waals surface area contributed by atoms with Crippen LogP contribution in [0.15, 0.2) is 72.0 Å². The first-order chi connectivity index (χ1) is 12.1. The van der Waals surface area contributed by atoms with E-state index < -0.39 is 10.0 Å². The Morgan fingerprint density at radius 2 is 1.84 bits per heavy atom. The lowest BCUT2D eigenvalue weighted by atomic mass is 10.1. The summed E-state index contributed by atoms with van der Waals surface area (Å²) in [5, 5.41) is 0. The van der Waals surface area contributed by atoms with Crippen LogP contribution in [-0.4, -0.2) is 25.5 Å². The van der Waals surface area contributed by atoms with Crippen molar-refractivity contribution in [2.45, 2.75) is 11.4 Å². The Bertz CT molecular complexity index is 960. The molecule has 3 rings (SSSR count). The molecule has 0 unspecified atom stereocenters. The zero-order valence-corrected chi connectivity index (χ0v) is 14.4. The molecule has 0 fully saturated rings. The van der Waals surface area contributed by atoms with E-state index in [9.17, 15) is 8.42 Å². The molecule has 2 aromatic heterocycles. The second-order valence-corrected chi connectivity index (χ2v) is 7.06. The number of nitrogens with one attached hydrogen (secondary N) is 1. The van der Waals surface area contributed by atoms with Crippen LogP contribution in [0.1, 0.15) is 5.56 Å². The topological polar surface area (TPSA) is 81.2 Å². The second-order valence-electron chi connectivity index (χ2n) is 5.29. The number of hydrogen-bond donors (Lipinski definition) is 1. The van der Waals surface area contributed by atoms with Gasteiger partial charge in [-0.3, -0.25) is 9.97 Å². The van der Waals surface area contributed by atoms with Crippen molar-refractivity contribution in [2.24, 2.45) is 0 Å². The number of sulfonamides is 1. The zero-order chi connectivity index (χ0) is 17.7. The summed E-state index contributed by atoms with van der Waals surface area (Å²) in [6.45, 7) is 0.167. The van der Waals surface area contributed by atoms with Crippen molar-refractivity contribution in [1.29, 1.82) is 0 Å². The first-order valence-electron chi connectivity index (χ1n) is 7.57. The van der Waals surface area contributed by atoms with Crippen LogP contribution in [0.4, 0.5) is 0 Å². The molecular formula is C18H17N3O3S. The SMILES string of the molecule is COc1cccc(S(=O)(=O)NCc2ccnc(-c3ccncc3)c2)c1. The van der Waals surface area contributed by atoms with Crippen LogP contribution in [0.5, 0.6) is 5.75 Å². The van der Waals surface area contributed by atoms with Crippen LogP contribution in [0.2, 0.25) is 0 Å². The van der Waals surface area contributed by atoms with Gasteiger partial charge in [-0.15, -0.1) is 0 Å². The van der Waals surface area contributed by atoms with E-state index in [1.165, 1.54) is 19.2 Å². The van der Waals surface area contributed by atoms with Crippen molar-refractivity contribution in [3.63, 3.8) is 0 Å². The second kappa shape index (κ2) is 7.42. The predicted octanol–water partition coefficient (Wildman–Crippen LogP) is 2.63. The maximum atomic E-state index is 12.4. The maximum Gasteiger partial charge on any atom is 0.241 e. The minimum atomic E-state index is -3.63. The molecule has 1 N–H and O–H groups in total. The number of methoxy groups -OCH3 is 1. The fourth-order valence-corrected chi connectivity index (χ4v) is 3.35. The molecular weight excluding hydrogens is 338 g/mol. The normalized spacial score (nSPS) is 11.2. The summed E-state index contributed by atoms with van der Waals surface area (Å²) in [7, 11) is -2.13. The highest BCUT2D eigenvalue weighted by Gasteiger charge is 2.14. The molecule has 0 saturated heterocycles. The van der Waals surface area contributed by atoms with Crippen LogP contribution < -0.4 is 9.46 Å². The van der Waals surface area contributed by atoms with Crippen molar-refractivity contribution < 1.29 is 13.2 Å². The van der Waals surface area contributed by atoms with E-state index >= 15 is 0 Å². The molecule has 0 saturated carbocycles. The van der Waals surface area contributed by atoms with E-state index in [0.29, 0.717) is 5.75 Å². The lowest BCUT2D eigenvalue weighted by Crippen LogP contribution is -2.23. The molecule has 0 spiro atoms. The van der Waals surface area contributed by atoms with E-state index in [-0.39, 0.29) is 11.4 Å². The van der Waals surface area contributed by atoms with Crippen molar-refractivity contribution in [3.8, 4) is 17.0 Å². The lowest BCUT2D eigenvalue weighted by Gasteiger charge is -2.09. The van der Waals surface area contributed by atoms with Crippen molar-refractivity contribution in [1.82, 2.24) is 14.7 Å².